The van der Waals surface area contributed by atoms with Crippen LogP contribution in [-0.4, -0.2) is 32.0 Å². The first-order chi connectivity index (χ1) is 13.0. The summed E-state index contributed by atoms with van der Waals surface area (Å²) in [5.41, 5.74) is 7.33. The number of methoxy groups -OCH3 is 1. The predicted molar refractivity (Wildman–Crippen MR) is 104 cm³/mol. The molecule has 2 aromatic rings. The fourth-order valence-corrected chi connectivity index (χ4v) is 2.36. The molecule has 0 aliphatic rings. The summed E-state index contributed by atoms with van der Waals surface area (Å²) in [7, 11) is 1.61. The topological polar surface area (TPSA) is 103 Å². The van der Waals surface area contributed by atoms with Gasteiger partial charge in [-0.15, -0.1) is 0 Å². The number of nitrogens with two attached hydrogens (primary N) is 1. The Bertz CT molecular complexity index is 775. The number of amides is 2. The number of nitrogens with one attached hydrogen (secondary N) is 2. The maximum absolute atomic E-state index is 12.2. The van der Waals surface area contributed by atoms with Crippen LogP contribution in [0.2, 0.25) is 0 Å². The lowest BCUT2D eigenvalue weighted by molar-refractivity contribution is -0.114. The van der Waals surface area contributed by atoms with Crippen molar-refractivity contribution in [2.45, 2.75) is 20.0 Å². The van der Waals surface area contributed by atoms with Crippen LogP contribution in [0.1, 0.15) is 29.3 Å². The Hall–Kier alpha value is -3.06. The van der Waals surface area contributed by atoms with E-state index in [9.17, 15) is 9.59 Å². The summed E-state index contributed by atoms with van der Waals surface area (Å²) in [6, 6.07) is 12.4. The summed E-state index contributed by atoms with van der Waals surface area (Å²) < 4.78 is 11.0. The normalized spacial score (nSPS) is 10.2. The largest absolute Gasteiger partial charge is 0.497 e. The van der Waals surface area contributed by atoms with Crippen molar-refractivity contribution in [2.75, 3.05) is 25.5 Å². The molecule has 2 aromatic carbocycles. The number of carbonyl (C=O) groups is 2. The third-order valence-corrected chi connectivity index (χ3v) is 3.77. The number of hydrogen-bond acceptors (Lipinski definition) is 5. The molecular formula is C20H25N3O4. The second-order valence-corrected chi connectivity index (χ2v) is 5.93. The summed E-state index contributed by atoms with van der Waals surface area (Å²) in [5, 5.41) is 5.51. The summed E-state index contributed by atoms with van der Waals surface area (Å²) in [4.78, 5) is 23.7. The Kier molecular flexibility index (Phi) is 7.63. The lowest BCUT2D eigenvalue weighted by Crippen LogP contribution is -2.26. The molecule has 4 N–H and O–H groups in total. The van der Waals surface area contributed by atoms with Gasteiger partial charge in [-0.1, -0.05) is 12.1 Å². The molecule has 144 valence electrons. The summed E-state index contributed by atoms with van der Waals surface area (Å²) in [6.07, 6.45) is 0.705. The minimum atomic E-state index is -0.218. The van der Waals surface area contributed by atoms with E-state index in [2.05, 4.69) is 10.6 Å². The maximum Gasteiger partial charge on any atom is 0.251 e. The van der Waals surface area contributed by atoms with Crippen LogP contribution in [0, 0.1) is 0 Å². The molecule has 7 nitrogen and oxygen atoms in total. The second kappa shape index (κ2) is 10.2. The zero-order valence-corrected chi connectivity index (χ0v) is 15.6. The van der Waals surface area contributed by atoms with Gasteiger partial charge in [0, 0.05) is 19.0 Å². The van der Waals surface area contributed by atoms with Crippen LogP contribution in [0.4, 0.5) is 5.69 Å². The third-order valence-electron chi connectivity index (χ3n) is 3.77. The summed E-state index contributed by atoms with van der Waals surface area (Å²) in [5.74, 6) is 0.748. The zero-order valence-electron chi connectivity index (χ0n) is 15.6. The van der Waals surface area contributed by atoms with E-state index >= 15 is 0 Å². The number of benzene rings is 2. The number of anilines is 1. The van der Waals surface area contributed by atoms with E-state index < -0.39 is 0 Å². The Morgan fingerprint density at radius 1 is 1.11 bits per heavy atom. The van der Waals surface area contributed by atoms with E-state index in [0.29, 0.717) is 36.5 Å². The summed E-state index contributed by atoms with van der Waals surface area (Å²) >= 11 is 0. The fourth-order valence-electron chi connectivity index (χ4n) is 2.36. The van der Waals surface area contributed by atoms with Crippen LogP contribution in [0.25, 0.3) is 0 Å². The van der Waals surface area contributed by atoms with Crippen molar-refractivity contribution < 1.29 is 19.1 Å². The molecule has 0 spiro atoms. The van der Waals surface area contributed by atoms with E-state index in [4.69, 9.17) is 15.2 Å². The van der Waals surface area contributed by atoms with Crippen LogP contribution in [0.3, 0.4) is 0 Å². The SMILES string of the molecule is COc1ccc(COc2cc(C(=O)NCCCN)ccc2NC(C)=O)cc1. The first-order valence-electron chi connectivity index (χ1n) is 8.69. The van der Waals surface area contributed by atoms with E-state index in [-0.39, 0.29) is 18.4 Å². The fraction of sp³-hybridized carbons (Fsp3) is 0.300. The molecule has 7 heteroatoms. The molecule has 0 heterocycles. The monoisotopic (exact) mass is 371 g/mol. The van der Waals surface area contributed by atoms with Gasteiger partial charge in [0.1, 0.15) is 18.1 Å². The van der Waals surface area contributed by atoms with Gasteiger partial charge in [0.05, 0.1) is 12.8 Å². The minimum Gasteiger partial charge on any atom is -0.497 e. The molecule has 0 bridgehead atoms. The van der Waals surface area contributed by atoms with Crippen molar-refractivity contribution in [2.24, 2.45) is 5.73 Å². The molecule has 0 unspecified atom stereocenters. The van der Waals surface area contributed by atoms with Crippen molar-refractivity contribution in [3.8, 4) is 11.5 Å². The molecule has 0 atom stereocenters. The van der Waals surface area contributed by atoms with Crippen LogP contribution in [-0.2, 0) is 11.4 Å². The molecular weight excluding hydrogens is 346 g/mol. The lowest BCUT2D eigenvalue weighted by Gasteiger charge is -2.14. The highest BCUT2D eigenvalue weighted by molar-refractivity contribution is 5.96. The van der Waals surface area contributed by atoms with Gasteiger partial charge in [-0.2, -0.15) is 0 Å². The van der Waals surface area contributed by atoms with Crippen LogP contribution < -0.4 is 25.8 Å². The number of carbonyl (C=O) groups excluding carboxylic acids is 2. The van der Waals surface area contributed by atoms with Crippen LogP contribution in [0.5, 0.6) is 11.5 Å². The Morgan fingerprint density at radius 2 is 1.85 bits per heavy atom. The van der Waals surface area contributed by atoms with Gasteiger partial charge >= 0.3 is 0 Å². The highest BCUT2D eigenvalue weighted by atomic mass is 16.5. The van der Waals surface area contributed by atoms with E-state index in [1.54, 1.807) is 25.3 Å². The Morgan fingerprint density at radius 3 is 2.48 bits per heavy atom. The third kappa shape index (κ3) is 6.31. The first-order valence-corrected chi connectivity index (χ1v) is 8.69. The Labute approximate surface area is 158 Å². The van der Waals surface area contributed by atoms with Crippen molar-refractivity contribution in [3.63, 3.8) is 0 Å². The smallest absolute Gasteiger partial charge is 0.251 e. The predicted octanol–water partition coefficient (Wildman–Crippen LogP) is 2.31. The standard InChI is InChI=1S/C20H25N3O4/c1-14(24)23-18-9-6-16(20(25)22-11-3-10-21)12-19(18)27-13-15-4-7-17(26-2)8-5-15/h4-9,12H,3,10-11,13,21H2,1-2H3,(H,22,25)(H,23,24). The van der Waals surface area contributed by atoms with Gasteiger partial charge in [0.25, 0.3) is 5.91 Å². The van der Waals surface area contributed by atoms with Crippen LogP contribution >= 0.6 is 0 Å². The van der Waals surface area contributed by atoms with Crippen molar-refractivity contribution in [1.29, 1.82) is 0 Å². The van der Waals surface area contributed by atoms with Gasteiger partial charge < -0.3 is 25.8 Å². The molecule has 0 radical (unpaired) electrons. The van der Waals surface area contributed by atoms with Gasteiger partial charge in [0.2, 0.25) is 5.91 Å². The highest BCUT2D eigenvalue weighted by Gasteiger charge is 2.12. The molecule has 0 saturated carbocycles. The van der Waals surface area contributed by atoms with Gasteiger partial charge in [-0.3, -0.25) is 9.59 Å². The number of rotatable bonds is 9. The summed E-state index contributed by atoms with van der Waals surface area (Å²) in [6.45, 7) is 2.72. The van der Waals surface area contributed by atoms with Crippen LogP contribution in [0.15, 0.2) is 42.5 Å². The molecule has 0 aromatic heterocycles. The molecule has 0 aliphatic carbocycles. The van der Waals surface area contributed by atoms with Gasteiger partial charge in [-0.05, 0) is 48.9 Å². The van der Waals surface area contributed by atoms with Crippen molar-refractivity contribution in [3.05, 3.63) is 53.6 Å². The second-order valence-electron chi connectivity index (χ2n) is 5.93. The quantitative estimate of drug-likeness (QED) is 0.587. The molecule has 0 saturated heterocycles. The highest BCUT2D eigenvalue weighted by Crippen LogP contribution is 2.27. The Balaban J connectivity index is 2.14. The molecule has 2 rings (SSSR count). The molecule has 27 heavy (non-hydrogen) atoms. The first kappa shape index (κ1) is 20.3. The van der Waals surface area contributed by atoms with Gasteiger partial charge in [-0.25, -0.2) is 0 Å². The van der Waals surface area contributed by atoms with Crippen molar-refractivity contribution >= 4 is 17.5 Å². The van der Waals surface area contributed by atoms with E-state index in [1.807, 2.05) is 24.3 Å². The maximum atomic E-state index is 12.2. The zero-order chi connectivity index (χ0) is 19.6. The molecule has 0 fully saturated rings. The van der Waals surface area contributed by atoms with E-state index in [0.717, 1.165) is 11.3 Å². The number of ether oxygens (including phenoxy) is 2. The molecule has 0 aliphatic heterocycles. The average molecular weight is 371 g/mol. The van der Waals surface area contributed by atoms with Crippen molar-refractivity contribution in [1.82, 2.24) is 5.32 Å². The average Bonchev–Trinajstić information content (AvgIpc) is 2.67. The van der Waals surface area contributed by atoms with E-state index in [1.165, 1.54) is 6.92 Å². The van der Waals surface area contributed by atoms with Gasteiger partial charge in [0.15, 0.2) is 0 Å². The molecule has 2 amide bonds. The minimum absolute atomic E-state index is 0.216. The number of hydrogen-bond donors (Lipinski definition) is 3. The lowest BCUT2D eigenvalue weighted by atomic mass is 10.1.